The van der Waals surface area contributed by atoms with Gasteiger partial charge < -0.3 is 9.80 Å². The second-order valence-electron chi connectivity index (χ2n) is 7.34. The van der Waals surface area contributed by atoms with Gasteiger partial charge in [-0.3, -0.25) is 4.79 Å². The summed E-state index contributed by atoms with van der Waals surface area (Å²) in [6.07, 6.45) is 0. The average Bonchev–Trinajstić information content (AvgIpc) is 2.93. The molecule has 1 saturated heterocycles. The minimum absolute atomic E-state index is 0.118. The molecule has 0 radical (unpaired) electrons. The van der Waals surface area contributed by atoms with E-state index in [9.17, 15) is 4.79 Å². The molecule has 1 aliphatic rings. The molecule has 0 unspecified atom stereocenters. The van der Waals surface area contributed by atoms with Gasteiger partial charge in [0.2, 0.25) is 0 Å². The van der Waals surface area contributed by atoms with Gasteiger partial charge >= 0.3 is 0 Å². The highest BCUT2D eigenvalue weighted by Crippen LogP contribution is 2.27. The fourth-order valence-electron chi connectivity index (χ4n) is 3.39. The maximum absolute atomic E-state index is 13.2. The molecular weight excluding hydrogens is 312 g/mol. The zero-order valence-electron chi connectivity index (χ0n) is 15.9. The van der Waals surface area contributed by atoms with Gasteiger partial charge in [0.15, 0.2) is 0 Å². The number of likely N-dealkylation sites (N-methyl/N-ethyl adjacent to an activating group) is 1. The van der Waals surface area contributed by atoms with Crippen LogP contribution in [0.2, 0.25) is 0 Å². The molecule has 5 nitrogen and oxygen atoms in total. The molecule has 3 rings (SSSR count). The Morgan fingerprint density at radius 3 is 2.20 bits per heavy atom. The molecule has 25 heavy (non-hydrogen) atoms. The molecule has 0 saturated carbocycles. The minimum Gasteiger partial charge on any atom is -0.336 e. The van der Waals surface area contributed by atoms with E-state index in [0.29, 0.717) is 0 Å². The summed E-state index contributed by atoms with van der Waals surface area (Å²) < 4.78 is 1.95. The fourth-order valence-corrected chi connectivity index (χ4v) is 3.39. The highest BCUT2D eigenvalue weighted by atomic mass is 16.2. The molecule has 2 aromatic rings. The van der Waals surface area contributed by atoms with E-state index in [1.54, 1.807) is 0 Å². The zero-order valence-corrected chi connectivity index (χ0v) is 15.9. The molecule has 0 spiro atoms. The van der Waals surface area contributed by atoms with E-state index in [4.69, 9.17) is 5.10 Å². The SMILES string of the molecule is Cc1ccc(-n2nc(C)c(C(=O)N3CCN(C)CC3)c2C(C)C)cc1. The predicted molar refractivity (Wildman–Crippen MR) is 101 cm³/mol. The first-order valence-corrected chi connectivity index (χ1v) is 9.03. The van der Waals surface area contributed by atoms with Gasteiger partial charge in [0.05, 0.1) is 22.6 Å². The summed E-state index contributed by atoms with van der Waals surface area (Å²) in [7, 11) is 2.10. The van der Waals surface area contributed by atoms with Gasteiger partial charge in [-0.1, -0.05) is 31.5 Å². The van der Waals surface area contributed by atoms with Gasteiger partial charge in [-0.25, -0.2) is 4.68 Å². The molecule has 0 atom stereocenters. The molecule has 5 heteroatoms. The monoisotopic (exact) mass is 340 g/mol. The summed E-state index contributed by atoms with van der Waals surface area (Å²) in [5.74, 6) is 0.335. The number of aryl methyl sites for hydroxylation is 2. The van der Waals surface area contributed by atoms with Crippen LogP contribution in [0.15, 0.2) is 24.3 Å². The summed E-state index contributed by atoms with van der Waals surface area (Å²) in [5, 5.41) is 4.72. The molecule has 0 bridgehead atoms. The lowest BCUT2D eigenvalue weighted by molar-refractivity contribution is 0.0662. The largest absolute Gasteiger partial charge is 0.336 e. The molecule has 0 N–H and O–H groups in total. The van der Waals surface area contributed by atoms with E-state index in [-0.39, 0.29) is 11.8 Å². The summed E-state index contributed by atoms with van der Waals surface area (Å²) >= 11 is 0. The highest BCUT2D eigenvalue weighted by molar-refractivity contribution is 5.97. The van der Waals surface area contributed by atoms with Crippen LogP contribution in [0.4, 0.5) is 0 Å². The smallest absolute Gasteiger partial charge is 0.257 e. The first-order chi connectivity index (χ1) is 11.9. The summed E-state index contributed by atoms with van der Waals surface area (Å²) in [6, 6.07) is 8.30. The summed E-state index contributed by atoms with van der Waals surface area (Å²) in [6.45, 7) is 11.7. The lowest BCUT2D eigenvalue weighted by Gasteiger charge is -2.32. The summed E-state index contributed by atoms with van der Waals surface area (Å²) in [4.78, 5) is 17.4. The van der Waals surface area contributed by atoms with Crippen LogP contribution in [0, 0.1) is 13.8 Å². The van der Waals surface area contributed by atoms with E-state index in [1.165, 1.54) is 5.56 Å². The second-order valence-corrected chi connectivity index (χ2v) is 7.34. The number of rotatable bonds is 3. The van der Waals surface area contributed by atoms with Crippen molar-refractivity contribution < 1.29 is 4.79 Å². The maximum atomic E-state index is 13.2. The number of piperazine rings is 1. The van der Waals surface area contributed by atoms with Crippen molar-refractivity contribution in [2.75, 3.05) is 33.2 Å². The van der Waals surface area contributed by atoms with Crippen LogP contribution in [0.3, 0.4) is 0 Å². The molecule has 1 fully saturated rings. The standard InChI is InChI=1S/C20H28N4O/c1-14(2)19-18(20(25)23-12-10-22(5)11-13-23)16(4)21-24(19)17-8-6-15(3)7-9-17/h6-9,14H,10-13H2,1-5H3. The third kappa shape index (κ3) is 3.47. The minimum atomic E-state index is 0.118. The van der Waals surface area contributed by atoms with Crippen LogP contribution in [0.25, 0.3) is 5.69 Å². The first kappa shape index (κ1) is 17.7. The van der Waals surface area contributed by atoms with Crippen LogP contribution in [0.1, 0.15) is 47.1 Å². The molecule has 134 valence electrons. The Morgan fingerprint density at radius 2 is 1.64 bits per heavy atom. The first-order valence-electron chi connectivity index (χ1n) is 9.03. The number of hydrogen-bond acceptors (Lipinski definition) is 3. The number of carbonyl (C=O) groups excluding carboxylic acids is 1. The number of aromatic nitrogens is 2. The molecule has 1 amide bonds. The van der Waals surface area contributed by atoms with E-state index in [0.717, 1.165) is 48.8 Å². The zero-order chi connectivity index (χ0) is 18.1. The van der Waals surface area contributed by atoms with Crippen molar-refractivity contribution in [3.8, 4) is 5.69 Å². The van der Waals surface area contributed by atoms with E-state index in [1.807, 2.05) is 16.5 Å². The van der Waals surface area contributed by atoms with Crippen molar-refractivity contribution in [2.45, 2.75) is 33.6 Å². The van der Waals surface area contributed by atoms with Gasteiger partial charge in [-0.2, -0.15) is 5.10 Å². The fraction of sp³-hybridized carbons (Fsp3) is 0.500. The van der Waals surface area contributed by atoms with E-state index >= 15 is 0 Å². The predicted octanol–water partition coefficient (Wildman–Crippen LogP) is 3.00. The molecular formula is C20H28N4O. The van der Waals surface area contributed by atoms with Crippen LogP contribution in [-0.2, 0) is 0 Å². The quantitative estimate of drug-likeness (QED) is 0.862. The van der Waals surface area contributed by atoms with Gasteiger partial charge in [0.25, 0.3) is 5.91 Å². The number of hydrogen-bond donors (Lipinski definition) is 0. The van der Waals surface area contributed by atoms with Crippen molar-refractivity contribution >= 4 is 5.91 Å². The van der Waals surface area contributed by atoms with Gasteiger partial charge in [-0.15, -0.1) is 0 Å². The Kier molecular flexibility index (Phi) is 4.95. The van der Waals surface area contributed by atoms with Crippen LogP contribution < -0.4 is 0 Å². The Hall–Kier alpha value is -2.14. The second kappa shape index (κ2) is 7.00. The van der Waals surface area contributed by atoms with Crippen molar-refractivity contribution in [1.82, 2.24) is 19.6 Å². The maximum Gasteiger partial charge on any atom is 0.257 e. The van der Waals surface area contributed by atoms with Crippen molar-refractivity contribution in [3.05, 3.63) is 46.8 Å². The normalized spacial score (nSPS) is 15.8. The number of carbonyl (C=O) groups is 1. The lowest BCUT2D eigenvalue weighted by atomic mass is 10.0. The van der Waals surface area contributed by atoms with Crippen LogP contribution in [-0.4, -0.2) is 58.7 Å². The highest BCUT2D eigenvalue weighted by Gasteiger charge is 2.29. The lowest BCUT2D eigenvalue weighted by Crippen LogP contribution is -2.47. The average molecular weight is 340 g/mol. The molecule has 2 heterocycles. The molecule has 1 aromatic heterocycles. The number of nitrogens with zero attached hydrogens (tertiary/aromatic N) is 4. The summed E-state index contributed by atoms with van der Waals surface area (Å²) in [5.41, 5.74) is 4.82. The van der Waals surface area contributed by atoms with Crippen molar-refractivity contribution in [3.63, 3.8) is 0 Å². The molecule has 1 aliphatic heterocycles. The van der Waals surface area contributed by atoms with Gasteiger partial charge in [-0.05, 0) is 38.9 Å². The van der Waals surface area contributed by atoms with Crippen molar-refractivity contribution in [2.24, 2.45) is 0 Å². The Morgan fingerprint density at radius 1 is 1.04 bits per heavy atom. The van der Waals surface area contributed by atoms with Gasteiger partial charge in [0.1, 0.15) is 0 Å². The topological polar surface area (TPSA) is 41.4 Å². The van der Waals surface area contributed by atoms with Crippen LogP contribution in [0.5, 0.6) is 0 Å². The molecule has 0 aliphatic carbocycles. The third-order valence-corrected chi connectivity index (χ3v) is 4.93. The Balaban J connectivity index is 2.02. The van der Waals surface area contributed by atoms with E-state index in [2.05, 4.69) is 57.0 Å². The number of amides is 1. The third-order valence-electron chi connectivity index (χ3n) is 4.93. The molecule has 1 aromatic carbocycles. The van der Waals surface area contributed by atoms with Crippen molar-refractivity contribution in [1.29, 1.82) is 0 Å². The Bertz CT molecular complexity index is 753. The number of benzene rings is 1. The van der Waals surface area contributed by atoms with E-state index < -0.39 is 0 Å². The van der Waals surface area contributed by atoms with Gasteiger partial charge in [0, 0.05) is 26.2 Å². The Labute approximate surface area is 150 Å². The van der Waals surface area contributed by atoms with Crippen LogP contribution >= 0.6 is 0 Å².